The Morgan fingerprint density at radius 1 is 1.13 bits per heavy atom. The van der Waals surface area contributed by atoms with Crippen molar-refractivity contribution in [2.75, 3.05) is 6.61 Å². The van der Waals surface area contributed by atoms with Gasteiger partial charge in [-0.05, 0) is 38.8 Å². The Bertz CT molecular complexity index is 1590. The first-order valence-corrected chi connectivity index (χ1v) is 16.4. The molecule has 0 bridgehead atoms. The van der Waals surface area contributed by atoms with Crippen LogP contribution in [0.5, 0.6) is 5.75 Å². The maximum absolute atomic E-state index is 15.5. The first-order chi connectivity index (χ1) is 17.9. The van der Waals surface area contributed by atoms with E-state index in [2.05, 4.69) is 29.6 Å². The molecule has 0 aromatic carbocycles. The topological polar surface area (TPSA) is 124 Å². The van der Waals surface area contributed by atoms with Gasteiger partial charge in [0.25, 0.3) is 0 Å². The number of aliphatic hydroxyl groups excluding tert-OH is 1. The summed E-state index contributed by atoms with van der Waals surface area (Å²) in [5.74, 6) is -1.53. The maximum atomic E-state index is 15.5. The van der Waals surface area contributed by atoms with E-state index in [1.54, 1.807) is 17.7 Å². The minimum Gasteiger partial charge on any atom is -0.506 e. The zero-order valence-corrected chi connectivity index (χ0v) is 23.3. The lowest BCUT2D eigenvalue weighted by Gasteiger charge is -2.19. The van der Waals surface area contributed by atoms with Crippen LogP contribution in [0, 0.1) is 5.82 Å². The summed E-state index contributed by atoms with van der Waals surface area (Å²) in [4.78, 5) is 34.9. The van der Waals surface area contributed by atoms with Crippen molar-refractivity contribution < 1.29 is 19.3 Å². The van der Waals surface area contributed by atoms with Crippen LogP contribution in [0.3, 0.4) is 0 Å². The third kappa shape index (κ3) is 5.57. The van der Waals surface area contributed by atoms with Gasteiger partial charge in [0.15, 0.2) is 22.7 Å². The highest BCUT2D eigenvalue weighted by Crippen LogP contribution is 2.27. The average Bonchev–Trinajstić information content (AvgIpc) is 3.12. The largest absolute Gasteiger partial charge is 0.506 e. The number of aliphatic hydroxyl groups is 1. The molecule has 12 heteroatoms. The Morgan fingerprint density at radius 3 is 2.55 bits per heavy atom. The summed E-state index contributed by atoms with van der Waals surface area (Å²) in [6, 6.07) is 4.43. The average molecular weight is 544 g/mol. The highest BCUT2D eigenvalue weighted by molar-refractivity contribution is 6.76. The summed E-state index contributed by atoms with van der Waals surface area (Å²) in [7, 11) is -1.36. The number of hydrogen-bond acceptors (Lipinski definition) is 7. The van der Waals surface area contributed by atoms with Crippen molar-refractivity contribution >= 4 is 30.3 Å². The molecular weight excluding hydrogens is 509 g/mol. The van der Waals surface area contributed by atoms with Gasteiger partial charge < -0.3 is 19.5 Å². The van der Waals surface area contributed by atoms with Crippen LogP contribution in [0.25, 0.3) is 28.0 Å². The van der Waals surface area contributed by atoms with Crippen LogP contribution in [0.2, 0.25) is 25.7 Å². The van der Waals surface area contributed by atoms with E-state index in [0.29, 0.717) is 19.4 Å². The Hall–Kier alpha value is -3.35. The number of fused-ring (bicyclic) bond motifs is 2. The second-order valence-electron chi connectivity index (χ2n) is 10.9. The third-order valence-corrected chi connectivity index (χ3v) is 8.23. The van der Waals surface area contributed by atoms with Crippen LogP contribution in [-0.4, -0.2) is 54.7 Å². The molecule has 204 valence electrons. The molecule has 0 saturated heterocycles. The van der Waals surface area contributed by atoms with Crippen molar-refractivity contribution in [3.8, 4) is 11.6 Å². The van der Waals surface area contributed by atoms with Crippen molar-refractivity contribution in [1.82, 2.24) is 23.7 Å². The van der Waals surface area contributed by atoms with E-state index in [1.165, 1.54) is 22.9 Å². The molecule has 4 aromatic rings. The summed E-state index contributed by atoms with van der Waals surface area (Å²) >= 11 is 0. The molecule has 4 aromatic heterocycles. The molecule has 10 nitrogen and oxygen atoms in total. The van der Waals surface area contributed by atoms with Crippen LogP contribution >= 0.6 is 0 Å². The highest BCUT2D eigenvalue weighted by atomic mass is 28.3. The molecular formula is C26H34FN5O5Si. The third-order valence-electron chi connectivity index (χ3n) is 6.52. The Kier molecular flexibility index (Phi) is 7.86. The van der Waals surface area contributed by atoms with Crippen molar-refractivity contribution in [3.05, 3.63) is 57.1 Å². The zero-order chi connectivity index (χ0) is 27.8. The van der Waals surface area contributed by atoms with Gasteiger partial charge in [-0.25, -0.2) is 23.7 Å². The molecule has 0 fully saturated rings. The molecule has 0 amide bonds. The zero-order valence-electron chi connectivity index (χ0n) is 22.3. The normalized spacial score (nSPS) is 13.9. The Labute approximate surface area is 220 Å². The monoisotopic (exact) mass is 543 g/mol. The fourth-order valence-electron chi connectivity index (χ4n) is 4.29. The molecule has 0 radical (unpaired) electrons. The first kappa shape index (κ1) is 27.7. The standard InChI is InChI=1S/C26H34FN5O5Si/c1-16(6-7-17(2)33)30-11-9-20(34)18-14-19(27)24(29-23(18)30)32-22-21(35)8-10-28-25(22)31(26(32)36)15-37-12-13-38(3,4)5/h8-11,14,16-17,33H,6-7,12-13,15H2,1-5H3,(H,28,35). The molecule has 2 atom stereocenters. The van der Waals surface area contributed by atoms with Crippen LogP contribution in [0.1, 0.15) is 32.7 Å². The number of hydrogen-bond donors (Lipinski definition) is 2. The minimum atomic E-state index is -1.36. The lowest BCUT2D eigenvalue weighted by atomic mass is 10.1. The van der Waals surface area contributed by atoms with Gasteiger partial charge in [-0.2, -0.15) is 0 Å². The summed E-state index contributed by atoms with van der Waals surface area (Å²) in [6.07, 6.45) is 3.53. The number of rotatable bonds is 10. The lowest BCUT2D eigenvalue weighted by Crippen LogP contribution is -2.27. The van der Waals surface area contributed by atoms with Crippen LogP contribution in [0.4, 0.5) is 4.39 Å². The van der Waals surface area contributed by atoms with Crippen LogP contribution < -0.4 is 11.1 Å². The Morgan fingerprint density at radius 2 is 1.87 bits per heavy atom. The van der Waals surface area contributed by atoms with Gasteiger partial charge in [0.1, 0.15) is 23.6 Å². The quantitative estimate of drug-likeness (QED) is 0.230. The number of halogens is 1. The predicted molar refractivity (Wildman–Crippen MR) is 146 cm³/mol. The van der Waals surface area contributed by atoms with E-state index in [9.17, 15) is 19.8 Å². The molecule has 38 heavy (non-hydrogen) atoms. The predicted octanol–water partition coefficient (Wildman–Crippen LogP) is 3.78. The maximum Gasteiger partial charge on any atom is 0.338 e. The smallest absolute Gasteiger partial charge is 0.338 e. The number of pyridine rings is 3. The summed E-state index contributed by atoms with van der Waals surface area (Å²) in [5.41, 5.74) is -0.787. The van der Waals surface area contributed by atoms with E-state index in [0.717, 1.165) is 16.7 Å². The van der Waals surface area contributed by atoms with E-state index in [4.69, 9.17) is 4.74 Å². The molecule has 0 saturated carbocycles. The second kappa shape index (κ2) is 10.8. The Balaban J connectivity index is 1.88. The van der Waals surface area contributed by atoms with Crippen molar-refractivity contribution in [3.63, 3.8) is 0 Å². The lowest BCUT2D eigenvalue weighted by molar-refractivity contribution is 0.0871. The van der Waals surface area contributed by atoms with Crippen LogP contribution in [0.15, 0.2) is 40.2 Å². The molecule has 2 unspecified atom stereocenters. The highest BCUT2D eigenvalue weighted by Gasteiger charge is 2.24. The number of nitrogens with zero attached hydrogens (tertiary/aromatic N) is 5. The molecule has 0 spiro atoms. The fraction of sp³-hybridized carbons (Fsp3) is 0.462. The summed E-state index contributed by atoms with van der Waals surface area (Å²) in [6.45, 7) is 10.6. The fourth-order valence-corrected chi connectivity index (χ4v) is 5.05. The number of imidazole rings is 1. The van der Waals surface area contributed by atoms with Gasteiger partial charge in [-0.1, -0.05) is 19.6 Å². The van der Waals surface area contributed by atoms with Crippen molar-refractivity contribution in [1.29, 1.82) is 0 Å². The first-order valence-electron chi connectivity index (χ1n) is 12.7. The van der Waals surface area contributed by atoms with E-state index >= 15 is 4.39 Å². The summed E-state index contributed by atoms with van der Waals surface area (Å²) in [5, 5.41) is 20.4. The van der Waals surface area contributed by atoms with Gasteiger partial charge in [0.05, 0.1) is 11.5 Å². The SMILES string of the molecule is CC(O)CCC(C)n1ccc(=O)c2cc(F)c(-n3c(=O)n(COCC[Si](C)(C)C)c4nccc(O)c43)nc21. The molecule has 0 aliphatic rings. The molecule has 4 heterocycles. The van der Waals surface area contributed by atoms with E-state index < -0.39 is 31.1 Å². The summed E-state index contributed by atoms with van der Waals surface area (Å²) < 4.78 is 25.2. The minimum absolute atomic E-state index is 0.0102. The van der Waals surface area contributed by atoms with E-state index in [-0.39, 0.29) is 46.5 Å². The number of aromatic hydroxyl groups is 1. The van der Waals surface area contributed by atoms with Crippen LogP contribution in [-0.2, 0) is 11.5 Å². The van der Waals surface area contributed by atoms with Gasteiger partial charge in [0.2, 0.25) is 0 Å². The van der Waals surface area contributed by atoms with Crippen molar-refractivity contribution in [2.45, 2.75) is 71.3 Å². The molecule has 4 rings (SSSR count). The van der Waals surface area contributed by atoms with Gasteiger partial charge in [-0.3, -0.25) is 9.36 Å². The van der Waals surface area contributed by atoms with Gasteiger partial charge in [-0.15, -0.1) is 0 Å². The number of ether oxygens (including phenoxy) is 1. The molecule has 2 N–H and O–H groups in total. The molecule has 0 aliphatic heterocycles. The van der Waals surface area contributed by atoms with E-state index in [1.807, 2.05) is 6.92 Å². The van der Waals surface area contributed by atoms with Gasteiger partial charge >= 0.3 is 5.69 Å². The van der Waals surface area contributed by atoms with Crippen molar-refractivity contribution in [2.24, 2.45) is 0 Å². The van der Waals surface area contributed by atoms with Gasteiger partial charge in [0, 0.05) is 45.2 Å². The molecule has 0 aliphatic carbocycles. The second-order valence-corrected chi connectivity index (χ2v) is 16.5. The number of aromatic nitrogens is 5.